The molecule has 0 bridgehead atoms. The molecule has 0 fully saturated rings. The van der Waals surface area contributed by atoms with Crippen molar-refractivity contribution in [3.63, 3.8) is 0 Å². The molecular formula is C11H13BrO2. The second-order valence-electron chi connectivity index (χ2n) is 3.23. The molecule has 0 aliphatic heterocycles. The van der Waals surface area contributed by atoms with Gasteiger partial charge in [0.25, 0.3) is 0 Å². The Labute approximate surface area is 92.1 Å². The number of aryl methyl sites for hydroxylation is 1. The third-order valence-electron chi connectivity index (χ3n) is 2.21. The zero-order valence-corrected chi connectivity index (χ0v) is 9.62. The van der Waals surface area contributed by atoms with Crippen LogP contribution in [0.15, 0.2) is 18.2 Å². The first-order valence-electron chi connectivity index (χ1n) is 4.46. The summed E-state index contributed by atoms with van der Waals surface area (Å²) in [5, 5.41) is 10.1. The Bertz CT molecular complexity index is 323. The highest BCUT2D eigenvalue weighted by Gasteiger charge is 2.07. The van der Waals surface area contributed by atoms with Crippen molar-refractivity contribution in [1.29, 1.82) is 0 Å². The number of rotatable bonds is 4. The van der Waals surface area contributed by atoms with Crippen LogP contribution in [0.5, 0.6) is 0 Å². The van der Waals surface area contributed by atoms with Crippen molar-refractivity contribution in [2.24, 2.45) is 0 Å². The van der Waals surface area contributed by atoms with Gasteiger partial charge in [-0.25, -0.2) is 0 Å². The van der Waals surface area contributed by atoms with Crippen LogP contribution >= 0.6 is 15.9 Å². The molecule has 1 atom stereocenters. The van der Waals surface area contributed by atoms with Crippen LogP contribution in [0, 0.1) is 6.92 Å². The lowest BCUT2D eigenvalue weighted by Crippen LogP contribution is -2.00. The molecule has 0 spiro atoms. The number of hydrogen-bond donors (Lipinski definition) is 1. The van der Waals surface area contributed by atoms with Gasteiger partial charge in [0.2, 0.25) is 0 Å². The monoisotopic (exact) mass is 256 g/mol. The highest BCUT2D eigenvalue weighted by atomic mass is 79.9. The Morgan fingerprint density at radius 1 is 1.57 bits per heavy atom. The van der Waals surface area contributed by atoms with Gasteiger partial charge >= 0.3 is 0 Å². The molecule has 3 heteroatoms. The van der Waals surface area contributed by atoms with Gasteiger partial charge in [0.05, 0.1) is 6.10 Å². The summed E-state index contributed by atoms with van der Waals surface area (Å²) in [4.78, 5) is 10.4. The fourth-order valence-electron chi connectivity index (χ4n) is 1.30. The Kier molecular flexibility index (Phi) is 4.29. The maximum atomic E-state index is 10.4. The van der Waals surface area contributed by atoms with E-state index in [0.717, 1.165) is 23.0 Å². The van der Waals surface area contributed by atoms with Gasteiger partial charge in [-0.2, -0.15) is 0 Å². The Morgan fingerprint density at radius 2 is 2.29 bits per heavy atom. The summed E-state index contributed by atoms with van der Waals surface area (Å²) in [6, 6.07) is 5.70. The molecule has 0 aliphatic carbocycles. The minimum absolute atomic E-state index is 0.411. The average molecular weight is 257 g/mol. The molecule has 1 N–H and O–H groups in total. The first kappa shape index (κ1) is 11.4. The summed E-state index contributed by atoms with van der Waals surface area (Å²) in [6.45, 7) is 1.96. The molecule has 14 heavy (non-hydrogen) atoms. The van der Waals surface area contributed by atoms with Crippen molar-refractivity contribution < 1.29 is 9.90 Å². The molecule has 0 amide bonds. The SMILES string of the molecule is Cc1ccc([C@@H](O)CBr)cc1CC=O. The second kappa shape index (κ2) is 5.27. The van der Waals surface area contributed by atoms with Crippen LogP contribution in [0.1, 0.15) is 22.8 Å². The normalized spacial score (nSPS) is 12.5. The highest BCUT2D eigenvalue weighted by molar-refractivity contribution is 9.09. The molecule has 0 aromatic heterocycles. The van der Waals surface area contributed by atoms with E-state index in [1.807, 2.05) is 25.1 Å². The van der Waals surface area contributed by atoms with Crippen molar-refractivity contribution in [1.82, 2.24) is 0 Å². The van der Waals surface area contributed by atoms with Gasteiger partial charge in [0.1, 0.15) is 6.29 Å². The van der Waals surface area contributed by atoms with Gasteiger partial charge in [0, 0.05) is 11.8 Å². The van der Waals surface area contributed by atoms with E-state index in [1.54, 1.807) is 0 Å². The lowest BCUT2D eigenvalue weighted by Gasteiger charge is -2.10. The fourth-order valence-corrected chi connectivity index (χ4v) is 1.67. The zero-order valence-electron chi connectivity index (χ0n) is 8.03. The van der Waals surface area contributed by atoms with Crippen LogP contribution in [0.25, 0.3) is 0 Å². The molecule has 1 rings (SSSR count). The summed E-state index contributed by atoms with van der Waals surface area (Å²) < 4.78 is 0. The number of alkyl halides is 1. The Balaban J connectivity index is 2.99. The van der Waals surface area contributed by atoms with Crippen molar-refractivity contribution in [2.45, 2.75) is 19.4 Å². The molecule has 0 saturated carbocycles. The standard InChI is InChI=1S/C11H13BrO2/c1-8-2-3-10(11(14)7-12)6-9(8)4-5-13/h2-3,5-6,11,14H,4,7H2,1H3/t11-/m0/s1. The number of aliphatic hydroxyl groups is 1. The third kappa shape index (κ3) is 2.66. The minimum Gasteiger partial charge on any atom is -0.388 e. The van der Waals surface area contributed by atoms with E-state index in [2.05, 4.69) is 15.9 Å². The van der Waals surface area contributed by atoms with E-state index in [9.17, 15) is 9.90 Å². The van der Waals surface area contributed by atoms with Gasteiger partial charge in [-0.1, -0.05) is 34.1 Å². The number of carbonyl (C=O) groups excluding carboxylic acids is 1. The molecule has 2 nitrogen and oxygen atoms in total. The van der Waals surface area contributed by atoms with E-state index < -0.39 is 6.10 Å². The number of hydrogen-bond acceptors (Lipinski definition) is 2. The Hall–Kier alpha value is -0.670. The summed E-state index contributed by atoms with van der Waals surface area (Å²) >= 11 is 3.21. The van der Waals surface area contributed by atoms with Crippen LogP contribution in [0.4, 0.5) is 0 Å². The van der Waals surface area contributed by atoms with E-state index in [1.165, 1.54) is 0 Å². The predicted molar refractivity (Wildman–Crippen MR) is 59.7 cm³/mol. The maximum Gasteiger partial charge on any atom is 0.124 e. The highest BCUT2D eigenvalue weighted by Crippen LogP contribution is 2.19. The lowest BCUT2D eigenvalue weighted by atomic mass is 10.0. The van der Waals surface area contributed by atoms with E-state index in [0.29, 0.717) is 11.8 Å². The Morgan fingerprint density at radius 3 is 2.86 bits per heavy atom. The molecule has 1 aromatic rings. The first-order chi connectivity index (χ1) is 6.69. The first-order valence-corrected chi connectivity index (χ1v) is 5.58. The van der Waals surface area contributed by atoms with Crippen LogP contribution in [0.3, 0.4) is 0 Å². The number of carbonyl (C=O) groups is 1. The van der Waals surface area contributed by atoms with Crippen LogP contribution in [0.2, 0.25) is 0 Å². The van der Waals surface area contributed by atoms with Crippen molar-refractivity contribution in [3.05, 3.63) is 34.9 Å². The van der Waals surface area contributed by atoms with Crippen LogP contribution in [-0.4, -0.2) is 16.7 Å². The van der Waals surface area contributed by atoms with E-state index >= 15 is 0 Å². The third-order valence-corrected chi connectivity index (χ3v) is 2.82. The summed E-state index contributed by atoms with van der Waals surface area (Å²) in [5.41, 5.74) is 2.92. The molecule has 0 saturated heterocycles. The molecular weight excluding hydrogens is 244 g/mol. The molecule has 0 unspecified atom stereocenters. The minimum atomic E-state index is -0.499. The molecule has 76 valence electrons. The van der Waals surface area contributed by atoms with Crippen molar-refractivity contribution in [3.8, 4) is 0 Å². The topological polar surface area (TPSA) is 37.3 Å². The average Bonchev–Trinajstić information content (AvgIpc) is 2.20. The number of benzene rings is 1. The van der Waals surface area contributed by atoms with Gasteiger partial charge in [0.15, 0.2) is 0 Å². The van der Waals surface area contributed by atoms with Gasteiger partial charge in [-0.15, -0.1) is 0 Å². The zero-order chi connectivity index (χ0) is 10.6. The van der Waals surface area contributed by atoms with Gasteiger partial charge in [-0.05, 0) is 23.6 Å². The molecule has 1 aromatic carbocycles. The van der Waals surface area contributed by atoms with Crippen molar-refractivity contribution in [2.75, 3.05) is 5.33 Å². The van der Waals surface area contributed by atoms with Gasteiger partial charge in [-0.3, -0.25) is 0 Å². The largest absolute Gasteiger partial charge is 0.388 e. The van der Waals surface area contributed by atoms with Crippen LogP contribution < -0.4 is 0 Å². The quantitative estimate of drug-likeness (QED) is 0.663. The maximum absolute atomic E-state index is 10.4. The molecule has 0 aliphatic rings. The summed E-state index contributed by atoms with van der Waals surface area (Å²) in [5.74, 6) is 0. The molecule has 0 heterocycles. The predicted octanol–water partition coefficient (Wildman–Crippen LogP) is 2.16. The summed E-state index contributed by atoms with van der Waals surface area (Å²) in [6.07, 6.45) is 0.794. The van der Waals surface area contributed by atoms with Gasteiger partial charge < -0.3 is 9.90 Å². The summed E-state index contributed by atoms with van der Waals surface area (Å²) in [7, 11) is 0. The van der Waals surface area contributed by atoms with Crippen molar-refractivity contribution >= 4 is 22.2 Å². The number of aldehydes is 1. The van der Waals surface area contributed by atoms with E-state index in [-0.39, 0.29) is 0 Å². The molecule has 0 radical (unpaired) electrons. The van der Waals surface area contributed by atoms with E-state index in [4.69, 9.17) is 0 Å². The smallest absolute Gasteiger partial charge is 0.124 e. The lowest BCUT2D eigenvalue weighted by molar-refractivity contribution is -0.107. The number of halogens is 1. The number of aliphatic hydroxyl groups excluding tert-OH is 1. The van der Waals surface area contributed by atoms with Crippen LogP contribution in [-0.2, 0) is 11.2 Å². The second-order valence-corrected chi connectivity index (χ2v) is 3.87. The fraction of sp³-hybridized carbons (Fsp3) is 0.364.